The van der Waals surface area contributed by atoms with Gasteiger partial charge in [-0.1, -0.05) is 18.2 Å². The number of fused-ring (bicyclic) bond motifs is 1. The molecule has 3 aromatic rings. The van der Waals surface area contributed by atoms with Gasteiger partial charge in [0.2, 0.25) is 0 Å². The van der Waals surface area contributed by atoms with Crippen LogP contribution in [0.25, 0.3) is 11.5 Å². The lowest BCUT2D eigenvalue weighted by Gasteiger charge is -2.21. The molecule has 0 aliphatic carbocycles. The van der Waals surface area contributed by atoms with Crippen molar-refractivity contribution in [2.75, 3.05) is 26.0 Å². The van der Waals surface area contributed by atoms with Crippen LogP contribution >= 0.6 is 0 Å². The molecule has 3 heterocycles. The fourth-order valence-electron chi connectivity index (χ4n) is 3.96. The topological polar surface area (TPSA) is 79.2 Å². The number of carbonyl (C=O) groups excluding carboxylic acids is 1. The number of carbonyl (C=O) groups is 1. The van der Waals surface area contributed by atoms with E-state index in [-0.39, 0.29) is 11.4 Å². The van der Waals surface area contributed by atoms with Crippen molar-refractivity contribution in [2.24, 2.45) is 0 Å². The monoisotopic (exact) mass is 447 g/mol. The molecule has 0 bridgehead atoms. The fraction of sp³-hybridized carbons (Fsp3) is 0.440. The quantitative estimate of drug-likeness (QED) is 0.568. The molecule has 1 aliphatic rings. The minimum absolute atomic E-state index is 0.0392. The van der Waals surface area contributed by atoms with E-state index in [4.69, 9.17) is 10.1 Å². The van der Waals surface area contributed by atoms with Crippen LogP contribution in [-0.2, 0) is 19.6 Å². The largest absolute Gasteiger partial charge is 0.379 e. The zero-order valence-electron chi connectivity index (χ0n) is 20.2. The third-order valence-electron chi connectivity index (χ3n) is 5.46. The number of benzene rings is 1. The molecule has 0 fully saturated rings. The van der Waals surface area contributed by atoms with E-state index in [1.54, 1.807) is 0 Å². The molecule has 1 aliphatic heterocycles. The highest BCUT2D eigenvalue weighted by molar-refractivity contribution is 5.98. The summed E-state index contributed by atoms with van der Waals surface area (Å²) in [5.41, 5.74) is 3.48. The smallest absolute Gasteiger partial charge is 0.254 e. The highest BCUT2D eigenvalue weighted by atomic mass is 16.2. The Morgan fingerprint density at radius 2 is 1.91 bits per heavy atom. The van der Waals surface area contributed by atoms with E-state index in [0.29, 0.717) is 18.9 Å². The molecule has 0 saturated heterocycles. The van der Waals surface area contributed by atoms with Gasteiger partial charge in [-0.05, 0) is 71.6 Å². The molecule has 4 rings (SSSR count). The Morgan fingerprint density at radius 3 is 2.58 bits per heavy atom. The number of aryl methyl sites for hydroxylation is 1. The molecule has 8 nitrogen and oxygen atoms in total. The van der Waals surface area contributed by atoms with Crippen LogP contribution in [0.1, 0.15) is 48.9 Å². The van der Waals surface area contributed by atoms with Gasteiger partial charge in [0, 0.05) is 24.2 Å². The normalized spacial score (nSPS) is 13.6. The minimum Gasteiger partial charge on any atom is -0.379 e. The highest BCUT2D eigenvalue weighted by Gasteiger charge is 2.28. The van der Waals surface area contributed by atoms with E-state index in [9.17, 15) is 4.79 Å². The average molecular weight is 448 g/mol. The first-order valence-corrected chi connectivity index (χ1v) is 11.4. The summed E-state index contributed by atoms with van der Waals surface area (Å²) in [6.07, 6.45) is 2.76. The highest BCUT2D eigenvalue weighted by Crippen LogP contribution is 2.25. The molecule has 2 aromatic heterocycles. The van der Waals surface area contributed by atoms with Gasteiger partial charge < -0.3 is 15.1 Å². The van der Waals surface area contributed by atoms with Gasteiger partial charge in [-0.15, -0.1) is 5.10 Å². The first-order chi connectivity index (χ1) is 15.7. The summed E-state index contributed by atoms with van der Waals surface area (Å²) in [7, 11) is 4.12. The van der Waals surface area contributed by atoms with Gasteiger partial charge in [0.25, 0.3) is 5.91 Å². The van der Waals surface area contributed by atoms with Gasteiger partial charge in [-0.2, -0.15) is 0 Å². The van der Waals surface area contributed by atoms with Gasteiger partial charge in [0.15, 0.2) is 5.82 Å². The molecule has 0 unspecified atom stereocenters. The second kappa shape index (κ2) is 9.31. The van der Waals surface area contributed by atoms with Crippen LogP contribution in [0, 0.1) is 0 Å². The lowest BCUT2D eigenvalue weighted by atomic mass is 10.1. The third kappa shape index (κ3) is 5.57. The lowest BCUT2D eigenvalue weighted by molar-refractivity contribution is 0.0760. The molecular weight excluding hydrogens is 414 g/mol. The lowest BCUT2D eigenvalue weighted by Crippen LogP contribution is -2.26. The molecule has 33 heavy (non-hydrogen) atoms. The van der Waals surface area contributed by atoms with Crippen molar-refractivity contribution in [2.45, 2.75) is 52.4 Å². The molecule has 1 amide bonds. The predicted molar refractivity (Wildman–Crippen MR) is 130 cm³/mol. The number of amides is 1. The van der Waals surface area contributed by atoms with E-state index < -0.39 is 0 Å². The van der Waals surface area contributed by atoms with Gasteiger partial charge in [-0.25, -0.2) is 9.67 Å². The van der Waals surface area contributed by atoms with E-state index in [2.05, 4.69) is 50.1 Å². The molecule has 174 valence electrons. The standard InChI is InChI=1S/C25H33N7O/c1-25(2,3)28-19-11-12-21(26-15-19)23-27-22(32(29-23)14-8-13-30(4)5)17-31-16-18-9-6-7-10-20(18)24(31)33/h6-7,9-12,15,28H,8,13-14,16-17H2,1-5H3. The Kier molecular flexibility index (Phi) is 6.47. The fourth-order valence-corrected chi connectivity index (χ4v) is 3.96. The minimum atomic E-state index is -0.0392. The Morgan fingerprint density at radius 1 is 1.12 bits per heavy atom. The number of nitrogens with zero attached hydrogens (tertiary/aromatic N) is 6. The van der Waals surface area contributed by atoms with Crippen LogP contribution < -0.4 is 5.32 Å². The maximum atomic E-state index is 12.9. The Hall–Kier alpha value is -3.26. The maximum absolute atomic E-state index is 12.9. The van der Waals surface area contributed by atoms with Crippen LogP contribution in [0.3, 0.4) is 0 Å². The van der Waals surface area contributed by atoms with Gasteiger partial charge >= 0.3 is 0 Å². The van der Waals surface area contributed by atoms with Gasteiger partial charge in [-0.3, -0.25) is 9.78 Å². The first-order valence-electron chi connectivity index (χ1n) is 11.4. The number of rotatable bonds is 8. The molecule has 0 radical (unpaired) electrons. The van der Waals surface area contributed by atoms with Crippen molar-refractivity contribution >= 4 is 11.6 Å². The number of aromatic nitrogens is 4. The van der Waals surface area contributed by atoms with Crippen LogP contribution in [0.15, 0.2) is 42.6 Å². The van der Waals surface area contributed by atoms with Crippen LogP contribution in [0.5, 0.6) is 0 Å². The van der Waals surface area contributed by atoms with E-state index in [1.165, 1.54) is 0 Å². The number of anilines is 1. The Labute approximate surface area is 195 Å². The second-order valence-electron chi connectivity index (χ2n) is 9.86. The van der Waals surface area contributed by atoms with E-state index >= 15 is 0 Å². The molecule has 0 atom stereocenters. The predicted octanol–water partition coefficient (Wildman–Crippen LogP) is 3.66. The summed E-state index contributed by atoms with van der Waals surface area (Å²) in [5, 5.41) is 8.18. The van der Waals surface area contributed by atoms with E-state index in [1.807, 2.05) is 52.2 Å². The van der Waals surface area contributed by atoms with Crippen molar-refractivity contribution in [3.05, 3.63) is 59.5 Å². The van der Waals surface area contributed by atoms with Crippen LogP contribution in [0.4, 0.5) is 5.69 Å². The number of hydrogen-bond acceptors (Lipinski definition) is 6. The Bertz CT molecular complexity index is 1110. The molecule has 1 N–H and O–H groups in total. The molecule has 0 spiro atoms. The summed E-state index contributed by atoms with van der Waals surface area (Å²) in [6.45, 7) is 9.05. The second-order valence-corrected chi connectivity index (χ2v) is 9.86. The van der Waals surface area contributed by atoms with Gasteiger partial charge in [0.05, 0.1) is 18.4 Å². The van der Waals surface area contributed by atoms with Crippen molar-refractivity contribution in [3.8, 4) is 11.5 Å². The van der Waals surface area contributed by atoms with Crippen molar-refractivity contribution < 1.29 is 4.79 Å². The Balaban J connectivity index is 1.56. The summed E-state index contributed by atoms with van der Waals surface area (Å²) in [4.78, 5) is 26.3. The molecule has 1 aromatic carbocycles. The zero-order valence-corrected chi connectivity index (χ0v) is 20.2. The van der Waals surface area contributed by atoms with Crippen LogP contribution in [-0.4, -0.2) is 61.6 Å². The molecule has 0 saturated carbocycles. The number of nitrogens with one attached hydrogen (secondary N) is 1. The number of hydrogen-bond donors (Lipinski definition) is 1. The van der Waals surface area contributed by atoms with Crippen molar-refractivity contribution in [1.82, 2.24) is 29.5 Å². The summed E-state index contributed by atoms with van der Waals surface area (Å²) < 4.78 is 1.93. The molecule has 8 heteroatoms. The average Bonchev–Trinajstić information content (AvgIpc) is 3.29. The van der Waals surface area contributed by atoms with Crippen molar-refractivity contribution in [1.29, 1.82) is 0 Å². The van der Waals surface area contributed by atoms with E-state index in [0.717, 1.165) is 47.8 Å². The zero-order chi connectivity index (χ0) is 23.6. The first kappa shape index (κ1) is 22.9. The van der Waals surface area contributed by atoms with Crippen LogP contribution in [0.2, 0.25) is 0 Å². The maximum Gasteiger partial charge on any atom is 0.254 e. The number of pyridine rings is 1. The summed E-state index contributed by atoms with van der Waals surface area (Å²) in [6, 6.07) is 11.7. The SMILES string of the molecule is CN(C)CCCn1nc(-c2ccc(NC(C)(C)C)cn2)nc1CN1Cc2ccccc2C1=O. The molecular formula is C25H33N7O. The summed E-state index contributed by atoms with van der Waals surface area (Å²) in [5.74, 6) is 1.41. The van der Waals surface area contributed by atoms with Crippen molar-refractivity contribution in [3.63, 3.8) is 0 Å². The third-order valence-corrected chi connectivity index (χ3v) is 5.46. The van der Waals surface area contributed by atoms with Gasteiger partial charge in [0.1, 0.15) is 11.5 Å². The summed E-state index contributed by atoms with van der Waals surface area (Å²) >= 11 is 0.